The Balaban J connectivity index is 3.34. The molecule has 0 aliphatic carbocycles. The first-order chi connectivity index (χ1) is 6.86. The number of hydrogen-bond donors (Lipinski definition) is 1. The van der Waals surface area contributed by atoms with Crippen molar-refractivity contribution in [3.63, 3.8) is 0 Å². The number of carbonyl (C=O) groups excluding carboxylic acids is 1. The lowest BCUT2D eigenvalue weighted by molar-refractivity contribution is -0.137. The maximum absolute atomic E-state index is 12.8. The summed E-state index contributed by atoms with van der Waals surface area (Å²) in [5.41, 5.74) is 3.17. The third kappa shape index (κ3) is 2.45. The summed E-state index contributed by atoms with van der Waals surface area (Å²) in [6.07, 6.45) is -4.69. The van der Waals surface area contributed by atoms with Gasteiger partial charge in [0.25, 0.3) is 0 Å². The van der Waals surface area contributed by atoms with Gasteiger partial charge in [0.05, 0.1) is 5.56 Å². The first kappa shape index (κ1) is 11.5. The molecule has 2 N–H and O–H groups in total. The highest BCUT2D eigenvalue weighted by atomic mass is 19.4. The number of alkyl halides is 3. The van der Waals surface area contributed by atoms with Crippen LogP contribution in [0.25, 0.3) is 0 Å². The summed E-state index contributed by atoms with van der Waals surface area (Å²) in [6, 6.07) is 1.13. The molecule has 0 bridgehead atoms. The Morgan fingerprint density at radius 2 is 1.93 bits per heavy atom. The molecule has 1 rings (SSSR count). The molecule has 0 saturated heterocycles. The Bertz CT molecular complexity index is 386. The molecule has 0 atom stereocenters. The van der Waals surface area contributed by atoms with Gasteiger partial charge in [-0.1, -0.05) is 0 Å². The molecule has 0 spiro atoms. The van der Waals surface area contributed by atoms with Gasteiger partial charge < -0.3 is 10.5 Å². The molecule has 0 saturated carbocycles. The van der Waals surface area contributed by atoms with Gasteiger partial charge in [-0.25, -0.2) is 4.39 Å². The van der Waals surface area contributed by atoms with Gasteiger partial charge in [-0.3, -0.25) is 0 Å². The fraction of sp³-hybridized carbons (Fsp3) is 0.222. The molecular weight excluding hydrogens is 214 g/mol. The van der Waals surface area contributed by atoms with Crippen LogP contribution in [0, 0.1) is 5.82 Å². The monoisotopic (exact) mass is 221 g/mol. The van der Waals surface area contributed by atoms with Crippen molar-refractivity contribution in [1.29, 1.82) is 0 Å². The number of rotatable bonds is 2. The topological polar surface area (TPSA) is 43.1 Å². The summed E-state index contributed by atoms with van der Waals surface area (Å²) in [6.45, 7) is 0. The molecule has 0 unspecified atom stereocenters. The minimum atomic E-state index is -4.72. The van der Waals surface area contributed by atoms with Crippen LogP contribution in [-0.4, -0.2) is 6.29 Å². The molecule has 2 nitrogen and oxygen atoms in total. The quantitative estimate of drug-likeness (QED) is 0.472. The third-order valence-electron chi connectivity index (χ3n) is 1.84. The molecule has 0 aromatic heterocycles. The van der Waals surface area contributed by atoms with Gasteiger partial charge in [0.1, 0.15) is 12.1 Å². The van der Waals surface area contributed by atoms with E-state index >= 15 is 0 Å². The van der Waals surface area contributed by atoms with Crippen LogP contribution in [0.15, 0.2) is 12.1 Å². The van der Waals surface area contributed by atoms with Gasteiger partial charge in [-0.2, -0.15) is 13.2 Å². The Hall–Kier alpha value is -1.59. The summed E-state index contributed by atoms with van der Waals surface area (Å²) < 4.78 is 49.7. The van der Waals surface area contributed by atoms with E-state index in [0.717, 1.165) is 6.07 Å². The predicted octanol–water partition coefficient (Wildman–Crippen LogP) is 2.17. The van der Waals surface area contributed by atoms with Crippen molar-refractivity contribution < 1.29 is 22.4 Å². The first-order valence-corrected chi connectivity index (χ1v) is 3.95. The van der Waals surface area contributed by atoms with Gasteiger partial charge >= 0.3 is 6.18 Å². The fourth-order valence-corrected chi connectivity index (χ4v) is 1.17. The fourth-order valence-electron chi connectivity index (χ4n) is 1.17. The van der Waals surface area contributed by atoms with Crippen LogP contribution in [-0.2, 0) is 17.4 Å². The second-order valence-corrected chi connectivity index (χ2v) is 2.89. The zero-order valence-corrected chi connectivity index (χ0v) is 7.44. The average molecular weight is 221 g/mol. The lowest BCUT2D eigenvalue weighted by Crippen LogP contribution is -2.12. The molecule has 6 heteroatoms. The average Bonchev–Trinajstić information content (AvgIpc) is 2.09. The van der Waals surface area contributed by atoms with E-state index in [-0.39, 0.29) is 12.0 Å². The van der Waals surface area contributed by atoms with Crippen LogP contribution in [0.1, 0.15) is 11.1 Å². The Morgan fingerprint density at radius 1 is 1.33 bits per heavy atom. The van der Waals surface area contributed by atoms with Gasteiger partial charge in [-0.15, -0.1) is 0 Å². The summed E-state index contributed by atoms with van der Waals surface area (Å²) in [4.78, 5) is 10.1. The summed E-state index contributed by atoms with van der Waals surface area (Å²) in [7, 11) is 0. The van der Waals surface area contributed by atoms with Crippen LogP contribution in [0.5, 0.6) is 0 Å². The number of nitrogens with two attached hydrogens (primary N) is 1. The number of benzene rings is 1. The largest absolute Gasteiger partial charge is 0.418 e. The number of nitrogen functional groups attached to an aromatic ring is 1. The van der Waals surface area contributed by atoms with Crippen molar-refractivity contribution >= 4 is 12.0 Å². The standard InChI is InChI=1S/C9H7F4NO/c10-6-3-5(1-2-15)8(14)7(4-6)9(11,12)13/h2-4H,1,14H2. The summed E-state index contributed by atoms with van der Waals surface area (Å²) in [5, 5.41) is 0. The molecular formula is C9H7F4NO. The van der Waals surface area contributed by atoms with E-state index in [0.29, 0.717) is 12.4 Å². The van der Waals surface area contributed by atoms with Crippen LogP contribution in [0.2, 0.25) is 0 Å². The van der Waals surface area contributed by atoms with Crippen molar-refractivity contribution in [2.45, 2.75) is 12.6 Å². The van der Waals surface area contributed by atoms with Crippen molar-refractivity contribution in [2.75, 3.05) is 5.73 Å². The molecule has 1 aromatic carbocycles. The molecule has 1 aromatic rings. The first-order valence-electron chi connectivity index (χ1n) is 3.95. The van der Waals surface area contributed by atoms with E-state index in [1.165, 1.54) is 0 Å². The minimum absolute atomic E-state index is 0.155. The Kier molecular flexibility index (Phi) is 2.97. The van der Waals surface area contributed by atoms with Gasteiger partial charge in [0.15, 0.2) is 0 Å². The highest BCUT2D eigenvalue weighted by molar-refractivity contribution is 5.64. The van der Waals surface area contributed by atoms with Crippen molar-refractivity contribution in [1.82, 2.24) is 0 Å². The number of hydrogen-bond acceptors (Lipinski definition) is 2. The number of anilines is 1. The number of carbonyl (C=O) groups is 1. The van der Waals surface area contributed by atoms with Crippen LogP contribution < -0.4 is 5.73 Å². The summed E-state index contributed by atoms with van der Waals surface area (Å²) in [5.74, 6) is -1.06. The molecule has 0 amide bonds. The Morgan fingerprint density at radius 3 is 2.40 bits per heavy atom. The zero-order chi connectivity index (χ0) is 11.6. The third-order valence-corrected chi connectivity index (χ3v) is 1.84. The smallest absolute Gasteiger partial charge is 0.398 e. The van der Waals surface area contributed by atoms with Gasteiger partial charge in [0, 0.05) is 12.1 Å². The van der Waals surface area contributed by atoms with Crippen molar-refractivity contribution in [3.05, 3.63) is 29.1 Å². The van der Waals surface area contributed by atoms with Crippen LogP contribution in [0.4, 0.5) is 23.2 Å². The molecule has 82 valence electrons. The van der Waals surface area contributed by atoms with Crippen molar-refractivity contribution in [2.24, 2.45) is 0 Å². The van der Waals surface area contributed by atoms with Gasteiger partial charge in [-0.05, 0) is 17.7 Å². The van der Waals surface area contributed by atoms with Gasteiger partial charge in [0.2, 0.25) is 0 Å². The second-order valence-electron chi connectivity index (χ2n) is 2.89. The lowest BCUT2D eigenvalue weighted by Gasteiger charge is -2.12. The molecule has 15 heavy (non-hydrogen) atoms. The normalized spacial score (nSPS) is 11.5. The highest BCUT2D eigenvalue weighted by Gasteiger charge is 2.34. The highest BCUT2D eigenvalue weighted by Crippen LogP contribution is 2.35. The molecule has 0 heterocycles. The van der Waals surface area contributed by atoms with E-state index < -0.39 is 23.2 Å². The second kappa shape index (κ2) is 3.88. The molecule has 0 aliphatic heterocycles. The van der Waals surface area contributed by atoms with Crippen LogP contribution in [0.3, 0.4) is 0 Å². The minimum Gasteiger partial charge on any atom is -0.398 e. The molecule has 0 fully saturated rings. The number of halogens is 4. The van der Waals surface area contributed by atoms with E-state index in [1.807, 2.05) is 0 Å². The van der Waals surface area contributed by atoms with E-state index in [1.54, 1.807) is 0 Å². The van der Waals surface area contributed by atoms with Crippen LogP contribution >= 0.6 is 0 Å². The van der Waals surface area contributed by atoms with E-state index in [4.69, 9.17) is 5.73 Å². The van der Waals surface area contributed by atoms with E-state index in [9.17, 15) is 22.4 Å². The number of aldehydes is 1. The maximum atomic E-state index is 12.8. The van der Waals surface area contributed by atoms with E-state index in [2.05, 4.69) is 0 Å². The maximum Gasteiger partial charge on any atom is 0.418 e. The molecule has 0 aliphatic rings. The predicted molar refractivity (Wildman–Crippen MR) is 45.6 cm³/mol. The SMILES string of the molecule is Nc1c(CC=O)cc(F)cc1C(F)(F)F. The van der Waals surface area contributed by atoms with Crippen molar-refractivity contribution in [3.8, 4) is 0 Å². The molecule has 0 radical (unpaired) electrons. The summed E-state index contributed by atoms with van der Waals surface area (Å²) >= 11 is 0. The lowest BCUT2D eigenvalue weighted by atomic mass is 10.0. The Labute approximate surface area is 82.7 Å². The zero-order valence-electron chi connectivity index (χ0n) is 7.44.